The van der Waals surface area contributed by atoms with Crippen LogP contribution in [-0.4, -0.2) is 24.4 Å². The second-order valence-electron chi connectivity index (χ2n) is 14.5. The van der Waals surface area contributed by atoms with Crippen molar-refractivity contribution in [3.63, 3.8) is 0 Å². The van der Waals surface area contributed by atoms with E-state index in [1.54, 1.807) is 0 Å². The lowest BCUT2D eigenvalue weighted by Crippen LogP contribution is -3.00. The zero-order chi connectivity index (χ0) is 32.9. The van der Waals surface area contributed by atoms with Crippen LogP contribution < -0.4 is 28.9 Å². The van der Waals surface area contributed by atoms with Crippen LogP contribution in [0.2, 0.25) is 0 Å². The molecule has 0 amide bonds. The molecule has 0 spiro atoms. The summed E-state index contributed by atoms with van der Waals surface area (Å²) >= 11 is 0. The highest BCUT2D eigenvalue weighted by Crippen LogP contribution is 2.50. The Bertz CT molecular complexity index is 2140. The lowest BCUT2D eigenvalue weighted by molar-refractivity contribution is -0.401. The lowest BCUT2D eigenvalue weighted by atomic mass is 9.79. The fourth-order valence-electron chi connectivity index (χ4n) is 8.49. The van der Waals surface area contributed by atoms with Gasteiger partial charge < -0.3 is 28.9 Å². The average molecular weight is 743 g/mol. The maximum atomic E-state index is 2.37. The Morgan fingerprint density at radius 2 is 1.31 bits per heavy atom. The summed E-state index contributed by atoms with van der Waals surface area (Å²) in [5.41, 5.74) is 12.3. The standard InChI is InChI=1S/C45H47N2.HI/c1-31-32(17-10-14-25-40-44(2,3)42-36-23-12-8-19-34(36)27-29-38(42)46(40)6)21-16-22-33(31)18-11-15-26-41-45(4,5)43-37-24-13-9-20-35(37)28-30-39(43)47(41)7;/h8-15,17-20,23-30H,16,21-22H2,1-7H3;1H/q+1;/p-1. The van der Waals surface area contributed by atoms with Crippen LogP contribution in [0, 0.1) is 0 Å². The van der Waals surface area contributed by atoms with Gasteiger partial charge in [-0.25, -0.2) is 0 Å². The van der Waals surface area contributed by atoms with Gasteiger partial charge >= 0.3 is 0 Å². The molecule has 0 aromatic heterocycles. The molecular formula is C45H47IN2. The van der Waals surface area contributed by atoms with Crippen LogP contribution in [0.1, 0.15) is 65.0 Å². The number of likely N-dealkylation sites (N-methyl/N-ethyl adjacent to an activating group) is 1. The smallest absolute Gasteiger partial charge is 0.210 e. The average Bonchev–Trinajstić information content (AvgIpc) is 3.39. The molecule has 1 aliphatic carbocycles. The van der Waals surface area contributed by atoms with Gasteiger partial charge in [-0.2, -0.15) is 4.58 Å². The molecule has 0 radical (unpaired) electrons. The zero-order valence-corrected chi connectivity index (χ0v) is 31.6. The maximum absolute atomic E-state index is 2.37. The molecule has 2 heterocycles. The molecule has 3 aliphatic rings. The van der Waals surface area contributed by atoms with Gasteiger partial charge in [-0.15, -0.1) is 0 Å². The first kappa shape index (κ1) is 33.9. The van der Waals surface area contributed by atoms with Gasteiger partial charge in [0, 0.05) is 41.6 Å². The van der Waals surface area contributed by atoms with E-state index in [-0.39, 0.29) is 34.8 Å². The highest BCUT2D eigenvalue weighted by molar-refractivity contribution is 6.07. The van der Waals surface area contributed by atoms with Crippen molar-refractivity contribution in [2.75, 3.05) is 19.0 Å². The lowest BCUT2D eigenvalue weighted by Gasteiger charge is -2.24. The van der Waals surface area contributed by atoms with Crippen molar-refractivity contribution in [3.8, 4) is 0 Å². The van der Waals surface area contributed by atoms with Crippen LogP contribution in [0.25, 0.3) is 21.5 Å². The van der Waals surface area contributed by atoms with Gasteiger partial charge in [-0.1, -0.05) is 105 Å². The van der Waals surface area contributed by atoms with E-state index in [2.05, 4.69) is 180 Å². The van der Waals surface area contributed by atoms with Gasteiger partial charge in [0.2, 0.25) is 5.69 Å². The minimum atomic E-state index is -0.0635. The number of rotatable bonds is 5. The summed E-state index contributed by atoms with van der Waals surface area (Å²) in [7, 11) is 4.40. The molecule has 0 fully saturated rings. The van der Waals surface area contributed by atoms with E-state index in [1.807, 2.05) is 0 Å². The third-order valence-electron chi connectivity index (χ3n) is 11.0. The van der Waals surface area contributed by atoms with E-state index in [4.69, 9.17) is 0 Å². The van der Waals surface area contributed by atoms with Gasteiger partial charge in [0.25, 0.3) is 0 Å². The van der Waals surface area contributed by atoms with Gasteiger partial charge in [-0.3, -0.25) is 0 Å². The normalized spacial score (nSPS) is 20.4. The molecule has 2 aliphatic heterocycles. The van der Waals surface area contributed by atoms with E-state index in [0.29, 0.717) is 0 Å². The summed E-state index contributed by atoms with van der Waals surface area (Å²) in [6.45, 7) is 11.7. The summed E-state index contributed by atoms with van der Waals surface area (Å²) < 4.78 is 2.37. The van der Waals surface area contributed by atoms with E-state index < -0.39 is 0 Å². The molecule has 0 bridgehead atoms. The van der Waals surface area contributed by atoms with Crippen LogP contribution in [0.4, 0.5) is 11.4 Å². The van der Waals surface area contributed by atoms with Crippen molar-refractivity contribution in [2.24, 2.45) is 0 Å². The molecule has 0 atom stereocenters. The molecule has 3 heteroatoms. The van der Waals surface area contributed by atoms with E-state index >= 15 is 0 Å². The van der Waals surface area contributed by atoms with Crippen molar-refractivity contribution in [2.45, 2.75) is 64.7 Å². The van der Waals surface area contributed by atoms with Gasteiger partial charge in [0.1, 0.15) is 7.05 Å². The van der Waals surface area contributed by atoms with Crippen LogP contribution in [0.3, 0.4) is 0 Å². The minimum Gasteiger partial charge on any atom is -1.00 e. The Hall–Kier alpha value is -3.96. The number of halogens is 1. The molecular weight excluding hydrogens is 695 g/mol. The number of hydrogen-bond donors (Lipinski definition) is 0. The maximum Gasteiger partial charge on any atom is 0.210 e. The van der Waals surface area contributed by atoms with Crippen LogP contribution >= 0.6 is 0 Å². The highest BCUT2D eigenvalue weighted by Gasteiger charge is 2.44. The second kappa shape index (κ2) is 13.2. The number of anilines is 1. The van der Waals surface area contributed by atoms with Gasteiger partial charge in [0.15, 0.2) is 5.71 Å². The molecule has 0 unspecified atom stereocenters. The summed E-state index contributed by atoms with van der Waals surface area (Å²) in [5, 5.41) is 5.32. The first-order valence-corrected chi connectivity index (χ1v) is 17.1. The molecule has 4 aromatic rings. The number of benzene rings is 4. The monoisotopic (exact) mass is 742 g/mol. The molecule has 48 heavy (non-hydrogen) atoms. The Balaban J connectivity index is 0.00000401. The Kier molecular flexibility index (Phi) is 9.30. The SMILES string of the molecule is CC1=C(/C=C/C=C/C2=[N+](C)c3ccc4ccccc4c3C2(C)C)CCC\C1=C/C=C/C=C1/N(C)c2ccc3ccccc3c2C1(C)C.[I-]. The van der Waals surface area contributed by atoms with Gasteiger partial charge in [-0.05, 0) is 102 Å². The predicted octanol–water partition coefficient (Wildman–Crippen LogP) is 8.41. The molecule has 0 N–H and O–H groups in total. The minimum absolute atomic E-state index is 0. The summed E-state index contributed by atoms with van der Waals surface area (Å²) in [6.07, 6.45) is 21.6. The van der Waals surface area contributed by atoms with Crippen molar-refractivity contribution < 1.29 is 28.6 Å². The number of nitrogens with zero attached hydrogens (tertiary/aromatic N) is 2. The first-order valence-electron chi connectivity index (χ1n) is 17.1. The van der Waals surface area contributed by atoms with Crippen LogP contribution in [0.15, 0.2) is 144 Å². The fourth-order valence-corrected chi connectivity index (χ4v) is 8.49. The highest BCUT2D eigenvalue weighted by atomic mass is 127. The van der Waals surface area contributed by atoms with E-state index in [0.717, 1.165) is 12.8 Å². The van der Waals surface area contributed by atoms with Crippen molar-refractivity contribution in [1.82, 2.24) is 0 Å². The summed E-state index contributed by atoms with van der Waals surface area (Å²) in [5.74, 6) is 0. The Labute approximate surface area is 304 Å². The summed E-state index contributed by atoms with van der Waals surface area (Å²) in [4.78, 5) is 2.37. The quantitative estimate of drug-likeness (QED) is 0.113. The molecule has 4 aromatic carbocycles. The molecule has 0 saturated heterocycles. The number of hydrogen-bond acceptors (Lipinski definition) is 1. The molecule has 0 saturated carbocycles. The summed E-state index contributed by atoms with van der Waals surface area (Å²) in [6, 6.07) is 26.6. The molecule has 244 valence electrons. The van der Waals surface area contributed by atoms with Crippen molar-refractivity contribution >= 4 is 38.6 Å². The zero-order valence-electron chi connectivity index (χ0n) is 29.4. The Morgan fingerprint density at radius 1 is 0.688 bits per heavy atom. The molecule has 7 rings (SSSR count). The van der Waals surface area contributed by atoms with Gasteiger partial charge in [0.05, 0.1) is 5.41 Å². The van der Waals surface area contributed by atoms with Crippen LogP contribution in [0.5, 0.6) is 0 Å². The second-order valence-corrected chi connectivity index (χ2v) is 14.5. The number of allylic oxidation sites excluding steroid dienone is 12. The van der Waals surface area contributed by atoms with E-state index in [1.165, 1.54) is 78.6 Å². The van der Waals surface area contributed by atoms with E-state index in [9.17, 15) is 0 Å². The van der Waals surface area contributed by atoms with Crippen molar-refractivity contribution in [3.05, 3.63) is 155 Å². The van der Waals surface area contributed by atoms with Crippen LogP contribution in [-0.2, 0) is 10.8 Å². The third-order valence-corrected chi connectivity index (χ3v) is 11.0. The Morgan fingerprint density at radius 3 is 2.04 bits per heavy atom. The molecule has 2 nitrogen and oxygen atoms in total. The largest absolute Gasteiger partial charge is 1.00 e. The third kappa shape index (κ3) is 5.64. The topological polar surface area (TPSA) is 6.25 Å². The predicted molar refractivity (Wildman–Crippen MR) is 203 cm³/mol. The number of fused-ring (bicyclic) bond motifs is 6. The first-order chi connectivity index (χ1) is 22.6. The van der Waals surface area contributed by atoms with Crippen molar-refractivity contribution in [1.29, 1.82) is 0 Å². The fraction of sp³-hybridized carbons (Fsp3) is 0.267.